The average molecular weight is 257 g/mol. The summed E-state index contributed by atoms with van der Waals surface area (Å²) in [5.41, 5.74) is 0.146. The first kappa shape index (κ1) is 11.5. The van der Waals surface area contributed by atoms with Crippen LogP contribution in [-0.4, -0.2) is 11.0 Å². The molecule has 5 nitrogen and oxygen atoms in total. The minimum atomic E-state index is -0.652. The lowest BCUT2D eigenvalue weighted by Crippen LogP contribution is -2.30. The Balaban J connectivity index is 2.70. The molecule has 7 heteroatoms. The van der Waals surface area contributed by atoms with Gasteiger partial charge < -0.3 is 9.94 Å². The number of halogens is 2. The highest BCUT2D eigenvalue weighted by molar-refractivity contribution is 6.30. The molecule has 0 N–H and O–H groups in total. The topological polar surface area (TPSA) is 66.1 Å². The van der Waals surface area contributed by atoms with E-state index in [1.54, 1.807) is 0 Å². The van der Waals surface area contributed by atoms with Crippen molar-refractivity contribution in [3.05, 3.63) is 34.4 Å². The second-order valence-corrected chi connectivity index (χ2v) is 3.59. The van der Waals surface area contributed by atoms with E-state index in [0.29, 0.717) is 0 Å². The fraction of sp³-hybridized carbons (Fsp3) is 0.100. The molecule has 88 valence electrons. The number of fused-ring (bicyclic) bond motifs is 1. The van der Waals surface area contributed by atoms with Crippen molar-refractivity contribution in [1.29, 1.82) is 0 Å². The smallest absolute Gasteiger partial charge is 0.350 e. The van der Waals surface area contributed by atoms with Crippen LogP contribution in [0, 0.1) is 11.0 Å². The van der Waals surface area contributed by atoms with Crippen LogP contribution < -0.4 is 9.47 Å². The molecule has 1 aromatic heterocycles. The van der Waals surface area contributed by atoms with Crippen LogP contribution >= 0.6 is 11.6 Å². The van der Waals surface area contributed by atoms with E-state index in [-0.39, 0.29) is 21.6 Å². The number of rotatable bonds is 1. The molecule has 0 spiro atoms. The Morgan fingerprint density at radius 1 is 1.59 bits per heavy atom. The molecule has 1 heterocycles. The first-order valence-electron chi connectivity index (χ1n) is 4.56. The summed E-state index contributed by atoms with van der Waals surface area (Å²) in [6, 6.07) is 3.43. The molecule has 0 unspecified atom stereocenters. The largest absolute Gasteiger partial charge is 0.617 e. The molecule has 0 aliphatic carbocycles. The number of carbonyl (C=O) groups excluding carboxylic acids is 1. The van der Waals surface area contributed by atoms with Crippen molar-refractivity contribution in [2.45, 2.75) is 6.92 Å². The maximum absolute atomic E-state index is 13.0. The lowest BCUT2D eigenvalue weighted by atomic mass is 10.3. The summed E-state index contributed by atoms with van der Waals surface area (Å²) in [5.74, 6) is -1.53. The number of aromatic nitrogens is 2. The highest BCUT2D eigenvalue weighted by Gasteiger charge is 2.20. The molecule has 2 rings (SSSR count). The Hall–Kier alpha value is -1.95. The summed E-state index contributed by atoms with van der Waals surface area (Å²) in [5, 5.41) is 11.3. The molecule has 0 aliphatic rings. The van der Waals surface area contributed by atoms with E-state index in [2.05, 4.69) is 9.72 Å². The number of benzene rings is 1. The van der Waals surface area contributed by atoms with Crippen LogP contribution in [-0.2, 0) is 4.79 Å². The second-order valence-electron chi connectivity index (χ2n) is 3.23. The quantitative estimate of drug-likeness (QED) is 0.441. The van der Waals surface area contributed by atoms with Gasteiger partial charge in [-0.05, 0) is 23.7 Å². The summed E-state index contributed by atoms with van der Waals surface area (Å²) in [7, 11) is 0. The fourth-order valence-electron chi connectivity index (χ4n) is 1.30. The van der Waals surface area contributed by atoms with Gasteiger partial charge in [-0.3, -0.25) is 4.79 Å². The van der Waals surface area contributed by atoms with Crippen LogP contribution in [0.2, 0.25) is 5.15 Å². The van der Waals surface area contributed by atoms with E-state index < -0.39 is 16.9 Å². The first-order chi connectivity index (χ1) is 7.99. The van der Waals surface area contributed by atoms with Gasteiger partial charge in [0, 0.05) is 13.0 Å². The minimum Gasteiger partial charge on any atom is -0.617 e. The normalized spacial score (nSPS) is 10.5. The number of hydrogen-bond acceptors (Lipinski definition) is 4. The average Bonchev–Trinajstić information content (AvgIpc) is 2.26. The van der Waals surface area contributed by atoms with Crippen molar-refractivity contribution in [3.8, 4) is 5.88 Å². The van der Waals surface area contributed by atoms with Crippen LogP contribution in [0.15, 0.2) is 18.2 Å². The van der Waals surface area contributed by atoms with Gasteiger partial charge >= 0.3 is 17.0 Å². The van der Waals surface area contributed by atoms with Gasteiger partial charge in [-0.1, -0.05) is 0 Å². The third kappa shape index (κ3) is 2.12. The Labute approximate surface area is 100.0 Å². The van der Waals surface area contributed by atoms with Crippen molar-refractivity contribution < 1.29 is 18.7 Å². The molecule has 0 bridgehead atoms. The third-order valence-electron chi connectivity index (χ3n) is 1.97. The van der Waals surface area contributed by atoms with Crippen LogP contribution in [0.1, 0.15) is 6.92 Å². The summed E-state index contributed by atoms with van der Waals surface area (Å²) in [4.78, 5) is 14.6. The third-order valence-corrected chi connectivity index (χ3v) is 2.29. The number of esters is 1. The van der Waals surface area contributed by atoms with Crippen LogP contribution in [0.5, 0.6) is 5.88 Å². The van der Waals surface area contributed by atoms with E-state index in [9.17, 15) is 14.4 Å². The lowest BCUT2D eigenvalue weighted by Gasteiger charge is -2.06. The van der Waals surface area contributed by atoms with Crippen molar-refractivity contribution >= 4 is 28.6 Å². The highest BCUT2D eigenvalue weighted by Crippen LogP contribution is 2.21. The van der Waals surface area contributed by atoms with E-state index in [1.807, 2.05) is 0 Å². The van der Waals surface area contributed by atoms with Crippen molar-refractivity contribution in [3.63, 3.8) is 0 Å². The Morgan fingerprint density at radius 3 is 2.94 bits per heavy atom. The molecular formula is C10H6ClFN2O3. The molecule has 0 atom stereocenters. The molecular weight excluding hydrogens is 251 g/mol. The van der Waals surface area contributed by atoms with Gasteiger partial charge in [-0.25, -0.2) is 4.39 Å². The fourth-order valence-corrected chi connectivity index (χ4v) is 1.47. The first-order valence-corrected chi connectivity index (χ1v) is 4.93. The summed E-state index contributed by atoms with van der Waals surface area (Å²) < 4.78 is 17.9. The van der Waals surface area contributed by atoms with E-state index in [0.717, 1.165) is 19.1 Å². The maximum Gasteiger partial charge on any atom is 0.350 e. The van der Waals surface area contributed by atoms with Gasteiger partial charge in [0.05, 0.1) is 0 Å². The number of hydrogen-bond donors (Lipinski definition) is 0. The van der Waals surface area contributed by atoms with Crippen LogP contribution in [0.4, 0.5) is 4.39 Å². The van der Waals surface area contributed by atoms with E-state index >= 15 is 0 Å². The van der Waals surface area contributed by atoms with Gasteiger partial charge in [0.1, 0.15) is 11.3 Å². The van der Waals surface area contributed by atoms with Gasteiger partial charge in [-0.15, -0.1) is 4.73 Å². The molecule has 0 radical (unpaired) electrons. The molecule has 0 aliphatic heterocycles. The zero-order valence-corrected chi connectivity index (χ0v) is 9.36. The lowest BCUT2D eigenvalue weighted by molar-refractivity contribution is -0.575. The summed E-state index contributed by atoms with van der Waals surface area (Å²) >= 11 is 5.66. The predicted molar refractivity (Wildman–Crippen MR) is 57.0 cm³/mol. The number of ether oxygens (including phenoxy) is 1. The molecule has 17 heavy (non-hydrogen) atoms. The van der Waals surface area contributed by atoms with Gasteiger partial charge in [-0.2, -0.15) is 4.98 Å². The SMILES string of the molecule is CC(=O)Oc1nc2ccc(F)cc2[n+]([O-])c1Cl. The predicted octanol–water partition coefficient (Wildman–Crippen LogP) is 1.59. The number of nitrogens with zero attached hydrogens (tertiary/aromatic N) is 2. The molecule has 0 fully saturated rings. The van der Waals surface area contributed by atoms with Gasteiger partial charge in [0.25, 0.3) is 0 Å². The molecule has 1 aromatic carbocycles. The van der Waals surface area contributed by atoms with Gasteiger partial charge in [0.15, 0.2) is 0 Å². The Bertz CT molecular complexity index is 618. The molecule has 2 aromatic rings. The Morgan fingerprint density at radius 2 is 2.29 bits per heavy atom. The van der Waals surface area contributed by atoms with Crippen LogP contribution in [0.3, 0.4) is 0 Å². The van der Waals surface area contributed by atoms with Crippen molar-refractivity contribution in [2.24, 2.45) is 0 Å². The maximum atomic E-state index is 13.0. The summed E-state index contributed by atoms with van der Waals surface area (Å²) in [6.45, 7) is 1.15. The van der Waals surface area contributed by atoms with E-state index in [4.69, 9.17) is 11.6 Å². The molecule has 0 saturated heterocycles. The summed E-state index contributed by atoms with van der Waals surface area (Å²) in [6.07, 6.45) is 0. The number of carbonyl (C=O) groups is 1. The zero-order valence-electron chi connectivity index (χ0n) is 8.61. The van der Waals surface area contributed by atoms with Crippen molar-refractivity contribution in [2.75, 3.05) is 0 Å². The van der Waals surface area contributed by atoms with Crippen LogP contribution in [0.25, 0.3) is 11.0 Å². The zero-order chi connectivity index (χ0) is 12.6. The molecule has 0 amide bonds. The van der Waals surface area contributed by atoms with E-state index in [1.165, 1.54) is 6.07 Å². The minimum absolute atomic E-state index is 0.0362. The molecule has 0 saturated carbocycles. The highest BCUT2D eigenvalue weighted by atomic mass is 35.5. The van der Waals surface area contributed by atoms with Gasteiger partial charge in [0.2, 0.25) is 5.52 Å². The second kappa shape index (κ2) is 4.14. The standard InChI is InChI=1S/C10H6ClFN2O3/c1-5(15)17-10-9(11)14(16)8-4-6(12)2-3-7(8)13-10/h2-4H,1H3. The Kier molecular flexibility index (Phi) is 2.81. The van der Waals surface area contributed by atoms with Crippen molar-refractivity contribution in [1.82, 2.24) is 4.98 Å². The monoisotopic (exact) mass is 256 g/mol.